The number of halogens is 1. The van der Waals surface area contributed by atoms with Crippen LogP contribution in [0.1, 0.15) is 18.3 Å². The summed E-state index contributed by atoms with van der Waals surface area (Å²) in [5, 5.41) is 4.36. The number of aryl methyl sites for hydroxylation is 2. The average molecular weight is 311 g/mol. The molecule has 0 amide bonds. The minimum absolute atomic E-state index is 0.0940. The fourth-order valence-electron chi connectivity index (χ4n) is 1.81. The molecular formula is C12H15BrN4O. The van der Waals surface area contributed by atoms with Gasteiger partial charge in [-0.1, -0.05) is 6.92 Å². The summed E-state index contributed by atoms with van der Waals surface area (Å²) in [6.45, 7) is 2.52. The highest BCUT2D eigenvalue weighted by Crippen LogP contribution is 2.10. The Labute approximate surface area is 113 Å². The van der Waals surface area contributed by atoms with Gasteiger partial charge in [-0.25, -0.2) is 0 Å². The largest absolute Gasteiger partial charge is 0.398 e. The Balaban J connectivity index is 2.39. The molecule has 0 atom stereocenters. The second-order valence-corrected chi connectivity index (χ2v) is 5.01. The molecular weight excluding hydrogens is 296 g/mol. The van der Waals surface area contributed by atoms with Gasteiger partial charge in [-0.15, -0.1) is 0 Å². The first kappa shape index (κ1) is 12.9. The molecule has 2 rings (SSSR count). The molecule has 0 fully saturated rings. The molecule has 96 valence electrons. The quantitative estimate of drug-likeness (QED) is 0.935. The Morgan fingerprint density at radius 1 is 1.44 bits per heavy atom. The molecule has 18 heavy (non-hydrogen) atoms. The molecule has 2 heterocycles. The van der Waals surface area contributed by atoms with E-state index in [-0.39, 0.29) is 5.56 Å². The van der Waals surface area contributed by atoms with Gasteiger partial charge in [-0.2, -0.15) is 5.10 Å². The number of hydrogen-bond acceptors (Lipinski definition) is 3. The molecule has 0 saturated carbocycles. The van der Waals surface area contributed by atoms with Crippen molar-refractivity contribution in [3.05, 3.63) is 44.5 Å². The first-order chi connectivity index (χ1) is 8.51. The highest BCUT2D eigenvalue weighted by molar-refractivity contribution is 9.10. The maximum atomic E-state index is 11.9. The zero-order valence-electron chi connectivity index (χ0n) is 10.4. The van der Waals surface area contributed by atoms with Gasteiger partial charge in [0.05, 0.1) is 22.4 Å². The van der Waals surface area contributed by atoms with Crippen LogP contribution in [0.15, 0.2) is 27.6 Å². The van der Waals surface area contributed by atoms with E-state index in [1.807, 2.05) is 13.1 Å². The van der Waals surface area contributed by atoms with Gasteiger partial charge < -0.3 is 10.3 Å². The van der Waals surface area contributed by atoms with Gasteiger partial charge >= 0.3 is 0 Å². The van der Waals surface area contributed by atoms with E-state index in [0.29, 0.717) is 16.7 Å². The summed E-state index contributed by atoms with van der Waals surface area (Å²) in [4.78, 5) is 11.9. The molecule has 0 spiro atoms. The Morgan fingerprint density at radius 2 is 2.17 bits per heavy atom. The molecule has 0 radical (unpaired) electrons. The van der Waals surface area contributed by atoms with Crippen molar-refractivity contribution in [2.75, 3.05) is 5.73 Å². The van der Waals surface area contributed by atoms with Crippen molar-refractivity contribution in [2.24, 2.45) is 7.05 Å². The van der Waals surface area contributed by atoms with Crippen LogP contribution in [0.2, 0.25) is 0 Å². The Bertz CT molecular complexity index is 629. The van der Waals surface area contributed by atoms with E-state index in [0.717, 1.165) is 17.8 Å². The number of anilines is 1. The molecule has 0 aliphatic heterocycles. The number of pyridine rings is 1. The van der Waals surface area contributed by atoms with E-state index in [9.17, 15) is 4.79 Å². The van der Waals surface area contributed by atoms with Gasteiger partial charge in [0, 0.05) is 18.9 Å². The van der Waals surface area contributed by atoms with Crippen LogP contribution in [0.25, 0.3) is 0 Å². The van der Waals surface area contributed by atoms with Crippen LogP contribution in [-0.2, 0) is 20.0 Å². The lowest BCUT2D eigenvalue weighted by Crippen LogP contribution is -2.22. The van der Waals surface area contributed by atoms with E-state index in [1.165, 1.54) is 0 Å². The number of nitrogens with zero attached hydrogens (tertiary/aromatic N) is 3. The minimum Gasteiger partial charge on any atom is -0.398 e. The van der Waals surface area contributed by atoms with Gasteiger partial charge in [0.1, 0.15) is 0 Å². The lowest BCUT2D eigenvalue weighted by Gasteiger charge is -2.07. The van der Waals surface area contributed by atoms with E-state index in [4.69, 9.17) is 5.73 Å². The van der Waals surface area contributed by atoms with Gasteiger partial charge in [0.25, 0.3) is 5.56 Å². The fraction of sp³-hybridized carbons (Fsp3) is 0.333. The summed E-state index contributed by atoms with van der Waals surface area (Å²) in [6.07, 6.45) is 2.52. The van der Waals surface area contributed by atoms with Crippen LogP contribution in [0.3, 0.4) is 0 Å². The Morgan fingerprint density at radius 3 is 2.78 bits per heavy atom. The molecule has 2 N–H and O–H groups in total. The van der Waals surface area contributed by atoms with Crippen molar-refractivity contribution < 1.29 is 0 Å². The lowest BCUT2D eigenvalue weighted by molar-refractivity contribution is 0.648. The van der Waals surface area contributed by atoms with E-state index in [1.54, 1.807) is 21.5 Å². The zero-order valence-corrected chi connectivity index (χ0v) is 11.9. The molecule has 0 aliphatic rings. The second kappa shape index (κ2) is 4.97. The van der Waals surface area contributed by atoms with Crippen LogP contribution in [0.4, 0.5) is 5.69 Å². The molecule has 0 aromatic carbocycles. The van der Waals surface area contributed by atoms with Crippen molar-refractivity contribution in [3.63, 3.8) is 0 Å². The highest BCUT2D eigenvalue weighted by Gasteiger charge is 2.08. The highest BCUT2D eigenvalue weighted by atomic mass is 79.9. The van der Waals surface area contributed by atoms with Crippen LogP contribution >= 0.6 is 15.9 Å². The van der Waals surface area contributed by atoms with Crippen LogP contribution in [-0.4, -0.2) is 14.3 Å². The van der Waals surface area contributed by atoms with Crippen LogP contribution in [0, 0.1) is 0 Å². The summed E-state index contributed by atoms with van der Waals surface area (Å²) in [5.41, 5.74) is 8.20. The summed E-state index contributed by atoms with van der Waals surface area (Å²) in [5.74, 6) is 0. The predicted molar refractivity (Wildman–Crippen MR) is 74.5 cm³/mol. The topological polar surface area (TPSA) is 65.8 Å². The minimum atomic E-state index is -0.0940. The maximum Gasteiger partial charge on any atom is 0.265 e. The van der Waals surface area contributed by atoms with Gasteiger partial charge in [-0.3, -0.25) is 9.48 Å². The Kier molecular flexibility index (Phi) is 3.56. The number of rotatable bonds is 3. The zero-order chi connectivity index (χ0) is 13.3. The standard InChI is InChI=1S/C12H15BrN4O/c1-3-9-5-10(16(2)15-9)7-17-6-8(14)4-11(13)12(17)18/h4-6H,3,7,14H2,1-2H3. The van der Waals surface area contributed by atoms with E-state index >= 15 is 0 Å². The first-order valence-electron chi connectivity index (χ1n) is 5.68. The first-order valence-corrected chi connectivity index (χ1v) is 6.47. The summed E-state index contributed by atoms with van der Waals surface area (Å²) in [6, 6.07) is 3.61. The second-order valence-electron chi connectivity index (χ2n) is 4.16. The maximum absolute atomic E-state index is 11.9. The molecule has 6 heteroatoms. The summed E-state index contributed by atoms with van der Waals surface area (Å²) in [7, 11) is 1.88. The summed E-state index contributed by atoms with van der Waals surface area (Å²) < 4.78 is 3.85. The third-order valence-corrected chi connectivity index (χ3v) is 3.35. The monoisotopic (exact) mass is 310 g/mol. The molecule has 2 aromatic heterocycles. The van der Waals surface area contributed by atoms with Crippen molar-refractivity contribution in [3.8, 4) is 0 Å². The molecule has 0 unspecified atom stereocenters. The number of hydrogen-bond donors (Lipinski definition) is 1. The van der Waals surface area contributed by atoms with Crippen molar-refractivity contribution >= 4 is 21.6 Å². The smallest absolute Gasteiger partial charge is 0.265 e. The molecule has 0 saturated heterocycles. The van der Waals surface area contributed by atoms with Crippen molar-refractivity contribution in [2.45, 2.75) is 19.9 Å². The van der Waals surface area contributed by atoms with Gasteiger partial charge in [0.15, 0.2) is 0 Å². The lowest BCUT2D eigenvalue weighted by atomic mass is 10.3. The Hall–Kier alpha value is -1.56. The SMILES string of the molecule is CCc1cc(Cn2cc(N)cc(Br)c2=O)n(C)n1. The van der Waals surface area contributed by atoms with E-state index < -0.39 is 0 Å². The van der Waals surface area contributed by atoms with Gasteiger partial charge in [0.2, 0.25) is 0 Å². The average Bonchev–Trinajstić information content (AvgIpc) is 2.66. The van der Waals surface area contributed by atoms with E-state index in [2.05, 4.69) is 28.0 Å². The molecule has 0 aliphatic carbocycles. The fourth-order valence-corrected chi connectivity index (χ4v) is 2.30. The third kappa shape index (κ3) is 2.48. The number of aromatic nitrogens is 3. The number of nitrogen functional groups attached to an aromatic ring is 1. The molecule has 5 nitrogen and oxygen atoms in total. The van der Waals surface area contributed by atoms with Crippen molar-refractivity contribution in [1.29, 1.82) is 0 Å². The third-order valence-electron chi connectivity index (χ3n) is 2.79. The molecule has 0 bridgehead atoms. The predicted octanol–water partition coefficient (Wildman–Crippen LogP) is 1.54. The van der Waals surface area contributed by atoms with Crippen LogP contribution in [0.5, 0.6) is 0 Å². The van der Waals surface area contributed by atoms with Gasteiger partial charge in [-0.05, 0) is 34.5 Å². The normalized spacial score (nSPS) is 10.8. The number of nitrogens with two attached hydrogens (primary N) is 1. The van der Waals surface area contributed by atoms with Crippen molar-refractivity contribution in [1.82, 2.24) is 14.3 Å². The molecule has 2 aromatic rings. The summed E-state index contributed by atoms with van der Waals surface area (Å²) >= 11 is 3.21. The van der Waals surface area contributed by atoms with Crippen LogP contribution < -0.4 is 11.3 Å².